The highest BCUT2D eigenvalue weighted by molar-refractivity contribution is 5.42. The van der Waals surface area contributed by atoms with E-state index in [1.807, 2.05) is 0 Å². The summed E-state index contributed by atoms with van der Waals surface area (Å²) in [7, 11) is 0. The van der Waals surface area contributed by atoms with E-state index in [1.54, 1.807) is 0 Å². The van der Waals surface area contributed by atoms with Crippen molar-refractivity contribution in [2.45, 2.75) is 63.8 Å². The number of aliphatic hydroxyl groups is 2. The highest BCUT2D eigenvalue weighted by Crippen LogP contribution is 2.33. The summed E-state index contributed by atoms with van der Waals surface area (Å²) in [5, 5.41) is 19.5. The summed E-state index contributed by atoms with van der Waals surface area (Å²) in [6.45, 7) is 2.15. The summed E-state index contributed by atoms with van der Waals surface area (Å²) < 4.78 is 6.00. The quantitative estimate of drug-likeness (QED) is 0.866. The molecule has 26 heavy (non-hydrogen) atoms. The van der Waals surface area contributed by atoms with Crippen LogP contribution in [0.5, 0.6) is 0 Å². The number of fused-ring (bicyclic) bond motifs is 1. The molecular formula is C23H28O3. The predicted molar refractivity (Wildman–Crippen MR) is 102 cm³/mol. The highest BCUT2D eigenvalue weighted by atomic mass is 16.5. The summed E-state index contributed by atoms with van der Waals surface area (Å²) in [6.07, 6.45) is 4.66. The lowest BCUT2D eigenvalue weighted by Crippen LogP contribution is -2.33. The molecular weight excluding hydrogens is 324 g/mol. The van der Waals surface area contributed by atoms with Gasteiger partial charge < -0.3 is 14.9 Å². The van der Waals surface area contributed by atoms with Crippen LogP contribution in [-0.2, 0) is 30.4 Å². The second-order valence-electron chi connectivity index (χ2n) is 7.72. The summed E-state index contributed by atoms with van der Waals surface area (Å²) in [5.41, 5.74) is 8.19. The lowest BCUT2D eigenvalue weighted by Gasteiger charge is -2.33. The molecule has 0 aromatic heterocycles. The lowest BCUT2D eigenvalue weighted by atomic mass is 9.85. The van der Waals surface area contributed by atoms with Crippen molar-refractivity contribution in [1.82, 2.24) is 0 Å². The normalized spacial score (nSPS) is 24.8. The minimum atomic E-state index is -0.409. The highest BCUT2D eigenvalue weighted by Gasteiger charge is 2.29. The predicted octanol–water partition coefficient (Wildman–Crippen LogP) is 3.51. The molecule has 0 amide bonds. The molecule has 0 radical (unpaired) electrons. The van der Waals surface area contributed by atoms with E-state index < -0.39 is 6.10 Å². The van der Waals surface area contributed by atoms with Crippen LogP contribution in [0.3, 0.4) is 0 Å². The molecule has 3 heteroatoms. The van der Waals surface area contributed by atoms with E-state index in [1.165, 1.54) is 40.7 Å². The molecule has 1 aliphatic carbocycles. The van der Waals surface area contributed by atoms with E-state index in [0.717, 1.165) is 18.4 Å². The van der Waals surface area contributed by atoms with Crippen LogP contribution in [0.1, 0.15) is 59.3 Å². The van der Waals surface area contributed by atoms with Gasteiger partial charge in [-0.15, -0.1) is 0 Å². The summed E-state index contributed by atoms with van der Waals surface area (Å²) in [4.78, 5) is 0. The molecule has 1 fully saturated rings. The van der Waals surface area contributed by atoms with Crippen molar-refractivity contribution >= 4 is 0 Å². The van der Waals surface area contributed by atoms with Crippen molar-refractivity contribution in [2.75, 3.05) is 6.61 Å². The largest absolute Gasteiger partial charge is 0.394 e. The van der Waals surface area contributed by atoms with Crippen molar-refractivity contribution in [3.63, 3.8) is 0 Å². The van der Waals surface area contributed by atoms with Gasteiger partial charge in [-0.05, 0) is 59.1 Å². The van der Waals surface area contributed by atoms with Gasteiger partial charge in [0.25, 0.3) is 0 Å². The van der Waals surface area contributed by atoms with Crippen LogP contribution in [-0.4, -0.2) is 29.0 Å². The number of hydrogen-bond acceptors (Lipinski definition) is 3. The Morgan fingerprint density at radius 3 is 2.54 bits per heavy atom. The van der Waals surface area contributed by atoms with Gasteiger partial charge in [0.15, 0.2) is 0 Å². The molecule has 4 rings (SSSR count). The van der Waals surface area contributed by atoms with E-state index in [0.29, 0.717) is 12.8 Å². The van der Waals surface area contributed by atoms with E-state index in [2.05, 4.69) is 43.3 Å². The molecule has 1 heterocycles. The molecule has 3 unspecified atom stereocenters. The molecule has 0 bridgehead atoms. The Bertz CT molecular complexity index is 783. The van der Waals surface area contributed by atoms with Crippen molar-refractivity contribution < 1.29 is 14.9 Å². The van der Waals surface area contributed by atoms with Crippen LogP contribution < -0.4 is 0 Å². The van der Waals surface area contributed by atoms with Gasteiger partial charge in [0, 0.05) is 12.8 Å². The molecule has 1 aliphatic heterocycles. The average molecular weight is 352 g/mol. The standard InChI is InChI=1S/C23H28O3/c1-2-16-5-8-19(23-13-21(25)12-22(14-24)26-23)11-20(16)10-15-3-4-17-6-7-18(17)9-15/h3-5,8-9,11,21-25H,2,6-7,10,12-14H2,1H3. The molecule has 0 spiro atoms. The van der Waals surface area contributed by atoms with Crippen LogP contribution in [0, 0.1) is 0 Å². The Morgan fingerprint density at radius 1 is 1.00 bits per heavy atom. The minimum absolute atomic E-state index is 0.0391. The zero-order chi connectivity index (χ0) is 18.1. The third kappa shape index (κ3) is 3.57. The maximum absolute atomic E-state index is 10.1. The fourth-order valence-electron chi connectivity index (χ4n) is 4.26. The first-order valence-electron chi connectivity index (χ1n) is 9.83. The molecule has 2 aromatic carbocycles. The lowest BCUT2D eigenvalue weighted by molar-refractivity contribution is -0.113. The second-order valence-corrected chi connectivity index (χ2v) is 7.72. The van der Waals surface area contributed by atoms with Gasteiger partial charge in [-0.3, -0.25) is 0 Å². The number of benzene rings is 2. The number of ether oxygens (including phenoxy) is 1. The Kier molecular flexibility index (Phi) is 5.12. The summed E-state index contributed by atoms with van der Waals surface area (Å²) >= 11 is 0. The Hall–Kier alpha value is -1.68. The van der Waals surface area contributed by atoms with Gasteiger partial charge in [-0.2, -0.15) is 0 Å². The third-order valence-electron chi connectivity index (χ3n) is 5.89. The van der Waals surface area contributed by atoms with E-state index >= 15 is 0 Å². The first-order chi connectivity index (χ1) is 12.7. The molecule has 3 atom stereocenters. The minimum Gasteiger partial charge on any atom is -0.394 e. The van der Waals surface area contributed by atoms with Crippen molar-refractivity contribution in [2.24, 2.45) is 0 Å². The Morgan fingerprint density at radius 2 is 1.85 bits per heavy atom. The molecule has 2 aliphatic rings. The first kappa shape index (κ1) is 17.7. The molecule has 2 aromatic rings. The van der Waals surface area contributed by atoms with Crippen molar-refractivity contribution in [1.29, 1.82) is 0 Å². The number of aliphatic hydroxyl groups excluding tert-OH is 2. The van der Waals surface area contributed by atoms with Gasteiger partial charge in [-0.1, -0.05) is 43.3 Å². The monoisotopic (exact) mass is 352 g/mol. The Labute approximate surface area is 155 Å². The van der Waals surface area contributed by atoms with E-state index in [9.17, 15) is 10.2 Å². The molecule has 0 saturated carbocycles. The molecule has 1 saturated heterocycles. The van der Waals surface area contributed by atoms with Crippen LogP contribution in [0.2, 0.25) is 0 Å². The SMILES string of the molecule is CCc1ccc(C2CC(O)CC(CO)O2)cc1Cc1ccc2c(c1)CC2. The van der Waals surface area contributed by atoms with Gasteiger partial charge in [-0.25, -0.2) is 0 Å². The molecule has 3 nitrogen and oxygen atoms in total. The third-order valence-corrected chi connectivity index (χ3v) is 5.89. The fourth-order valence-corrected chi connectivity index (χ4v) is 4.26. The van der Waals surface area contributed by atoms with Crippen LogP contribution >= 0.6 is 0 Å². The maximum Gasteiger partial charge on any atom is 0.0854 e. The van der Waals surface area contributed by atoms with Crippen LogP contribution in [0.25, 0.3) is 0 Å². The maximum atomic E-state index is 10.1. The van der Waals surface area contributed by atoms with Gasteiger partial charge >= 0.3 is 0 Å². The number of hydrogen-bond donors (Lipinski definition) is 2. The smallest absolute Gasteiger partial charge is 0.0854 e. The van der Waals surface area contributed by atoms with Crippen molar-refractivity contribution in [3.05, 3.63) is 69.8 Å². The summed E-state index contributed by atoms with van der Waals surface area (Å²) in [6, 6.07) is 13.5. The molecule has 2 N–H and O–H groups in total. The van der Waals surface area contributed by atoms with Gasteiger partial charge in [0.2, 0.25) is 0 Å². The van der Waals surface area contributed by atoms with Gasteiger partial charge in [0.05, 0.1) is 24.9 Å². The van der Waals surface area contributed by atoms with Crippen molar-refractivity contribution in [3.8, 4) is 0 Å². The zero-order valence-electron chi connectivity index (χ0n) is 15.4. The number of aryl methyl sites for hydroxylation is 3. The fraction of sp³-hybridized carbons (Fsp3) is 0.478. The van der Waals surface area contributed by atoms with Crippen LogP contribution in [0.4, 0.5) is 0 Å². The first-order valence-corrected chi connectivity index (χ1v) is 9.83. The van der Waals surface area contributed by atoms with Gasteiger partial charge in [0.1, 0.15) is 0 Å². The van der Waals surface area contributed by atoms with E-state index in [4.69, 9.17) is 4.74 Å². The van der Waals surface area contributed by atoms with E-state index in [-0.39, 0.29) is 18.8 Å². The number of rotatable bonds is 5. The summed E-state index contributed by atoms with van der Waals surface area (Å²) in [5.74, 6) is 0. The molecule has 138 valence electrons. The van der Waals surface area contributed by atoms with Crippen LogP contribution in [0.15, 0.2) is 36.4 Å². The topological polar surface area (TPSA) is 49.7 Å². The second kappa shape index (κ2) is 7.51. The Balaban J connectivity index is 1.59. The average Bonchev–Trinajstić information content (AvgIpc) is 2.63. The zero-order valence-corrected chi connectivity index (χ0v) is 15.4.